The molecule has 0 bridgehead atoms. The largest absolute Gasteiger partial charge is 0.365 e. The van der Waals surface area contributed by atoms with Gasteiger partial charge < -0.3 is 15.1 Å². The Labute approximate surface area is 136 Å². The molecular weight excluding hydrogens is 290 g/mol. The van der Waals surface area contributed by atoms with Gasteiger partial charge in [-0.2, -0.15) is 4.98 Å². The number of aromatic nitrogens is 4. The van der Waals surface area contributed by atoms with Crippen LogP contribution in [0.5, 0.6) is 0 Å². The predicted molar refractivity (Wildman–Crippen MR) is 92.1 cm³/mol. The third-order valence-corrected chi connectivity index (χ3v) is 3.84. The van der Waals surface area contributed by atoms with Gasteiger partial charge in [0, 0.05) is 50.8 Å². The monoisotopic (exact) mass is 313 g/mol. The number of aryl methyl sites for hydroxylation is 2. The molecule has 0 saturated carbocycles. The van der Waals surface area contributed by atoms with Gasteiger partial charge in [0.05, 0.1) is 0 Å². The summed E-state index contributed by atoms with van der Waals surface area (Å²) in [5, 5.41) is 3.49. The second-order valence-electron chi connectivity index (χ2n) is 6.16. The average Bonchev–Trinajstić information content (AvgIpc) is 2.95. The Morgan fingerprint density at radius 3 is 2.61 bits per heavy atom. The van der Waals surface area contributed by atoms with Crippen molar-refractivity contribution in [1.29, 1.82) is 0 Å². The maximum Gasteiger partial charge on any atom is 0.226 e. The van der Waals surface area contributed by atoms with Crippen molar-refractivity contribution in [2.75, 3.05) is 42.3 Å². The number of anilines is 3. The Balaban J connectivity index is 1.67. The van der Waals surface area contributed by atoms with E-state index >= 15 is 0 Å². The molecule has 0 spiro atoms. The molecule has 1 saturated heterocycles. The van der Waals surface area contributed by atoms with Gasteiger partial charge in [0.2, 0.25) is 11.9 Å². The fourth-order valence-electron chi connectivity index (χ4n) is 2.76. The van der Waals surface area contributed by atoms with E-state index in [0.717, 1.165) is 42.7 Å². The molecule has 1 N–H and O–H groups in total. The van der Waals surface area contributed by atoms with Crippen molar-refractivity contribution in [1.82, 2.24) is 19.9 Å². The first kappa shape index (κ1) is 15.5. The van der Waals surface area contributed by atoms with E-state index in [-0.39, 0.29) is 0 Å². The fourth-order valence-corrected chi connectivity index (χ4v) is 2.76. The van der Waals surface area contributed by atoms with E-state index in [9.17, 15) is 0 Å². The quantitative estimate of drug-likeness (QED) is 0.920. The Morgan fingerprint density at radius 1 is 1.17 bits per heavy atom. The Bertz CT molecular complexity index is 666. The van der Waals surface area contributed by atoms with Crippen molar-refractivity contribution in [2.24, 2.45) is 0 Å². The molecule has 7 nitrogen and oxygen atoms in total. The summed E-state index contributed by atoms with van der Waals surface area (Å²) in [4.78, 5) is 22.0. The molecule has 1 unspecified atom stereocenters. The van der Waals surface area contributed by atoms with E-state index < -0.39 is 0 Å². The minimum absolute atomic E-state index is 0.337. The van der Waals surface area contributed by atoms with Crippen LogP contribution in [0.1, 0.15) is 17.8 Å². The molecule has 3 heterocycles. The highest BCUT2D eigenvalue weighted by molar-refractivity contribution is 5.43. The van der Waals surface area contributed by atoms with Crippen molar-refractivity contribution in [3.05, 3.63) is 29.7 Å². The van der Waals surface area contributed by atoms with E-state index in [4.69, 9.17) is 0 Å². The molecular formula is C16H23N7. The maximum atomic E-state index is 4.55. The van der Waals surface area contributed by atoms with Crippen LogP contribution in [0.15, 0.2) is 18.3 Å². The average molecular weight is 313 g/mol. The summed E-state index contributed by atoms with van der Waals surface area (Å²) in [6, 6.07) is 4.24. The number of hydrogen-bond acceptors (Lipinski definition) is 7. The molecule has 2 aromatic rings. The summed E-state index contributed by atoms with van der Waals surface area (Å²) in [6.07, 6.45) is 2.82. The SMILES string of the molecule is Cc1cc(C)nc(N2CCC(Nc3ccnc(N(C)C)n3)C2)n1. The summed E-state index contributed by atoms with van der Waals surface area (Å²) in [5.41, 5.74) is 2.02. The van der Waals surface area contributed by atoms with Gasteiger partial charge >= 0.3 is 0 Å². The second kappa shape index (κ2) is 6.36. The molecule has 2 aromatic heterocycles. The van der Waals surface area contributed by atoms with Crippen LogP contribution < -0.4 is 15.1 Å². The smallest absolute Gasteiger partial charge is 0.226 e. The third kappa shape index (κ3) is 3.67. The molecule has 1 fully saturated rings. The van der Waals surface area contributed by atoms with Gasteiger partial charge in [-0.3, -0.25) is 0 Å². The number of nitrogens with zero attached hydrogens (tertiary/aromatic N) is 6. The van der Waals surface area contributed by atoms with Crippen LogP contribution in [-0.4, -0.2) is 53.2 Å². The normalized spacial score (nSPS) is 17.4. The zero-order valence-corrected chi connectivity index (χ0v) is 14.1. The lowest BCUT2D eigenvalue weighted by atomic mass is 10.2. The van der Waals surface area contributed by atoms with Gasteiger partial charge in [-0.25, -0.2) is 15.0 Å². The van der Waals surface area contributed by atoms with Gasteiger partial charge in [0.1, 0.15) is 5.82 Å². The van der Waals surface area contributed by atoms with Crippen molar-refractivity contribution in [3.8, 4) is 0 Å². The standard InChI is InChI=1S/C16H23N7/c1-11-9-12(2)19-16(18-11)23-8-6-13(10-23)20-14-5-7-17-15(21-14)22(3)4/h5,7,9,13H,6,8,10H2,1-4H3,(H,17,20,21). The second-order valence-corrected chi connectivity index (χ2v) is 6.16. The molecule has 1 aliphatic heterocycles. The summed E-state index contributed by atoms with van der Waals surface area (Å²) in [7, 11) is 3.88. The minimum Gasteiger partial charge on any atom is -0.365 e. The van der Waals surface area contributed by atoms with Gasteiger partial charge in [0.25, 0.3) is 0 Å². The van der Waals surface area contributed by atoms with Crippen LogP contribution in [0.25, 0.3) is 0 Å². The van der Waals surface area contributed by atoms with E-state index in [2.05, 4.69) is 30.2 Å². The number of rotatable bonds is 4. The molecule has 0 radical (unpaired) electrons. The molecule has 1 aliphatic rings. The summed E-state index contributed by atoms with van der Waals surface area (Å²) in [5.74, 6) is 2.39. The third-order valence-electron chi connectivity index (χ3n) is 3.84. The summed E-state index contributed by atoms with van der Waals surface area (Å²) >= 11 is 0. The number of hydrogen-bond donors (Lipinski definition) is 1. The van der Waals surface area contributed by atoms with E-state index in [1.807, 2.05) is 45.0 Å². The van der Waals surface area contributed by atoms with Gasteiger partial charge in [0.15, 0.2) is 0 Å². The van der Waals surface area contributed by atoms with Crippen LogP contribution >= 0.6 is 0 Å². The topological polar surface area (TPSA) is 70.1 Å². The van der Waals surface area contributed by atoms with Crippen molar-refractivity contribution < 1.29 is 0 Å². The minimum atomic E-state index is 0.337. The zero-order valence-electron chi connectivity index (χ0n) is 14.1. The summed E-state index contributed by atoms with van der Waals surface area (Å²) in [6.45, 7) is 5.84. The zero-order chi connectivity index (χ0) is 16.4. The maximum absolute atomic E-state index is 4.55. The Kier molecular flexibility index (Phi) is 4.27. The number of nitrogens with one attached hydrogen (secondary N) is 1. The highest BCUT2D eigenvalue weighted by Crippen LogP contribution is 2.20. The van der Waals surface area contributed by atoms with Crippen molar-refractivity contribution >= 4 is 17.7 Å². The highest BCUT2D eigenvalue weighted by atomic mass is 15.3. The first-order valence-electron chi connectivity index (χ1n) is 7.85. The van der Waals surface area contributed by atoms with Crippen molar-refractivity contribution in [2.45, 2.75) is 26.3 Å². The highest BCUT2D eigenvalue weighted by Gasteiger charge is 2.25. The molecule has 0 aromatic carbocycles. The lowest BCUT2D eigenvalue weighted by Crippen LogP contribution is -2.28. The van der Waals surface area contributed by atoms with Crippen molar-refractivity contribution in [3.63, 3.8) is 0 Å². The molecule has 0 amide bonds. The predicted octanol–water partition coefficient (Wildman–Crippen LogP) is 1.64. The van der Waals surface area contributed by atoms with Gasteiger partial charge in [-0.15, -0.1) is 0 Å². The Morgan fingerprint density at radius 2 is 1.91 bits per heavy atom. The molecule has 1 atom stereocenters. The van der Waals surface area contributed by atoms with Gasteiger partial charge in [-0.1, -0.05) is 0 Å². The van der Waals surface area contributed by atoms with Gasteiger partial charge in [-0.05, 0) is 32.4 Å². The molecule has 7 heteroatoms. The first-order chi connectivity index (χ1) is 11.0. The van der Waals surface area contributed by atoms with Crippen LogP contribution in [-0.2, 0) is 0 Å². The summed E-state index contributed by atoms with van der Waals surface area (Å²) < 4.78 is 0. The molecule has 0 aliphatic carbocycles. The van der Waals surface area contributed by atoms with Crippen LogP contribution in [0.3, 0.4) is 0 Å². The van der Waals surface area contributed by atoms with E-state index in [1.165, 1.54) is 0 Å². The molecule has 122 valence electrons. The van der Waals surface area contributed by atoms with Crippen LogP contribution in [0, 0.1) is 13.8 Å². The molecule has 23 heavy (non-hydrogen) atoms. The lowest BCUT2D eigenvalue weighted by Gasteiger charge is -2.18. The fraction of sp³-hybridized carbons (Fsp3) is 0.500. The Hall–Kier alpha value is -2.44. The van der Waals surface area contributed by atoms with Crippen LogP contribution in [0.4, 0.5) is 17.7 Å². The molecule has 3 rings (SSSR count). The van der Waals surface area contributed by atoms with E-state index in [0.29, 0.717) is 12.0 Å². The van der Waals surface area contributed by atoms with E-state index in [1.54, 1.807) is 6.20 Å². The lowest BCUT2D eigenvalue weighted by molar-refractivity contribution is 0.794. The van der Waals surface area contributed by atoms with Crippen LogP contribution in [0.2, 0.25) is 0 Å². The first-order valence-corrected chi connectivity index (χ1v) is 7.85.